The van der Waals surface area contributed by atoms with Crippen LogP contribution in [0.1, 0.15) is 24.2 Å². The van der Waals surface area contributed by atoms with Crippen LogP contribution >= 0.6 is 11.6 Å². The summed E-state index contributed by atoms with van der Waals surface area (Å²) in [4.78, 5) is 11.5. The van der Waals surface area contributed by atoms with Crippen LogP contribution in [0.2, 0.25) is 5.02 Å². The van der Waals surface area contributed by atoms with Crippen molar-refractivity contribution in [1.82, 2.24) is 0 Å². The molecule has 1 aromatic rings. The average molecular weight is 275 g/mol. The Kier molecular flexibility index (Phi) is 4.81. The molecule has 1 unspecified atom stereocenters. The Morgan fingerprint density at radius 3 is 2.67 bits per heavy atom. The monoisotopic (exact) mass is 274 g/mol. The summed E-state index contributed by atoms with van der Waals surface area (Å²) in [6, 6.07) is 1.49. The van der Waals surface area contributed by atoms with Gasteiger partial charge in [0.1, 0.15) is 0 Å². The highest BCUT2D eigenvalue weighted by molar-refractivity contribution is 6.33. The first-order chi connectivity index (χ1) is 8.43. The second-order valence-corrected chi connectivity index (χ2v) is 4.00. The number of esters is 1. The molecule has 0 spiro atoms. The maximum Gasteiger partial charge on any atom is 0.339 e. The highest BCUT2D eigenvalue weighted by atomic mass is 35.5. The summed E-state index contributed by atoms with van der Waals surface area (Å²) >= 11 is 5.92. The van der Waals surface area contributed by atoms with Crippen LogP contribution < -0.4 is 4.74 Å². The van der Waals surface area contributed by atoms with E-state index in [1.54, 1.807) is 13.8 Å². The number of methoxy groups -OCH3 is 1. The van der Waals surface area contributed by atoms with E-state index in [-0.39, 0.29) is 28.7 Å². The zero-order chi connectivity index (χ0) is 13.9. The molecule has 100 valence electrons. The SMILES string of the molecule is CCOC(=O)C(O)c1c(C)cc(OC)c(O)c1Cl. The quantitative estimate of drug-likeness (QED) is 0.821. The minimum absolute atomic E-state index is 0.118. The van der Waals surface area contributed by atoms with Gasteiger partial charge < -0.3 is 19.7 Å². The number of hydrogen-bond acceptors (Lipinski definition) is 5. The van der Waals surface area contributed by atoms with Crippen molar-refractivity contribution in [3.05, 3.63) is 22.2 Å². The van der Waals surface area contributed by atoms with Crippen molar-refractivity contribution < 1.29 is 24.5 Å². The lowest BCUT2D eigenvalue weighted by atomic mass is 10.0. The Balaban J connectivity index is 3.25. The number of benzene rings is 1. The van der Waals surface area contributed by atoms with Crippen LogP contribution in [0.5, 0.6) is 11.5 Å². The van der Waals surface area contributed by atoms with Crippen molar-refractivity contribution in [2.24, 2.45) is 0 Å². The van der Waals surface area contributed by atoms with Gasteiger partial charge >= 0.3 is 5.97 Å². The van der Waals surface area contributed by atoms with E-state index in [9.17, 15) is 15.0 Å². The number of ether oxygens (including phenoxy) is 2. The van der Waals surface area contributed by atoms with Gasteiger partial charge in [-0.1, -0.05) is 11.6 Å². The molecule has 1 atom stereocenters. The summed E-state index contributed by atoms with van der Waals surface area (Å²) in [5, 5.41) is 19.5. The van der Waals surface area contributed by atoms with E-state index in [0.717, 1.165) is 0 Å². The number of rotatable bonds is 4. The highest BCUT2D eigenvalue weighted by Crippen LogP contribution is 2.41. The fraction of sp³-hybridized carbons (Fsp3) is 0.417. The number of aromatic hydroxyl groups is 1. The predicted octanol–water partition coefficient (Wildman–Crippen LogP) is 1.96. The number of carbonyl (C=O) groups excluding carboxylic acids is 1. The molecule has 0 fully saturated rings. The second kappa shape index (κ2) is 5.93. The van der Waals surface area contributed by atoms with Crippen molar-refractivity contribution in [3.8, 4) is 11.5 Å². The molecule has 0 aliphatic heterocycles. The maximum absolute atomic E-state index is 11.5. The van der Waals surface area contributed by atoms with Crippen molar-refractivity contribution in [2.45, 2.75) is 20.0 Å². The number of aliphatic hydroxyl groups excluding tert-OH is 1. The largest absolute Gasteiger partial charge is 0.503 e. The predicted molar refractivity (Wildman–Crippen MR) is 66.0 cm³/mol. The molecule has 5 nitrogen and oxygen atoms in total. The first-order valence-electron chi connectivity index (χ1n) is 5.34. The van der Waals surface area contributed by atoms with Gasteiger partial charge in [0.15, 0.2) is 17.6 Å². The summed E-state index contributed by atoms with van der Waals surface area (Å²) < 4.78 is 9.62. The molecule has 18 heavy (non-hydrogen) atoms. The van der Waals surface area contributed by atoms with Crippen molar-refractivity contribution in [3.63, 3.8) is 0 Å². The summed E-state index contributed by atoms with van der Waals surface area (Å²) in [5.74, 6) is -0.951. The van der Waals surface area contributed by atoms with E-state index < -0.39 is 12.1 Å². The molecule has 1 rings (SSSR count). The lowest BCUT2D eigenvalue weighted by molar-refractivity contribution is -0.153. The Morgan fingerprint density at radius 1 is 1.56 bits per heavy atom. The fourth-order valence-corrected chi connectivity index (χ4v) is 1.93. The molecule has 0 aliphatic rings. The van der Waals surface area contributed by atoms with E-state index in [1.165, 1.54) is 13.2 Å². The van der Waals surface area contributed by atoms with Gasteiger partial charge in [-0.25, -0.2) is 4.79 Å². The Hall–Kier alpha value is -1.46. The van der Waals surface area contributed by atoms with E-state index in [1.807, 2.05) is 0 Å². The highest BCUT2D eigenvalue weighted by Gasteiger charge is 2.26. The molecule has 0 aliphatic carbocycles. The Morgan fingerprint density at radius 2 is 2.17 bits per heavy atom. The number of aryl methyl sites for hydroxylation is 1. The minimum Gasteiger partial charge on any atom is -0.503 e. The molecule has 0 heterocycles. The number of phenols is 1. The lowest BCUT2D eigenvalue weighted by Crippen LogP contribution is -2.17. The number of carbonyl (C=O) groups is 1. The summed E-state index contributed by atoms with van der Waals surface area (Å²) in [5.41, 5.74) is 0.642. The summed E-state index contributed by atoms with van der Waals surface area (Å²) in [6.45, 7) is 3.42. The van der Waals surface area contributed by atoms with E-state index in [2.05, 4.69) is 0 Å². The van der Waals surface area contributed by atoms with Gasteiger partial charge in [0.05, 0.1) is 18.7 Å². The third-order valence-corrected chi connectivity index (χ3v) is 2.84. The smallest absolute Gasteiger partial charge is 0.339 e. The zero-order valence-corrected chi connectivity index (χ0v) is 11.1. The van der Waals surface area contributed by atoms with Gasteiger partial charge in [-0.2, -0.15) is 0 Å². The van der Waals surface area contributed by atoms with Gasteiger partial charge in [-0.15, -0.1) is 0 Å². The third kappa shape index (κ3) is 2.68. The topological polar surface area (TPSA) is 76.0 Å². The number of phenolic OH excluding ortho intramolecular Hbond substituents is 1. The number of hydrogen-bond donors (Lipinski definition) is 2. The maximum atomic E-state index is 11.5. The Bertz CT molecular complexity index is 458. The van der Waals surface area contributed by atoms with Crippen LogP contribution in [0.3, 0.4) is 0 Å². The molecule has 2 N–H and O–H groups in total. The number of halogens is 1. The van der Waals surface area contributed by atoms with Gasteiger partial charge in [0.2, 0.25) is 0 Å². The van der Waals surface area contributed by atoms with E-state index in [4.69, 9.17) is 21.1 Å². The van der Waals surface area contributed by atoms with Crippen LogP contribution in [-0.2, 0) is 9.53 Å². The van der Waals surface area contributed by atoms with Crippen molar-refractivity contribution >= 4 is 17.6 Å². The normalized spacial score (nSPS) is 12.1. The van der Waals surface area contributed by atoms with Crippen LogP contribution in [0, 0.1) is 6.92 Å². The van der Waals surface area contributed by atoms with Crippen LogP contribution in [-0.4, -0.2) is 29.9 Å². The van der Waals surface area contributed by atoms with Crippen LogP contribution in [0.25, 0.3) is 0 Å². The number of aliphatic hydroxyl groups is 1. The first-order valence-corrected chi connectivity index (χ1v) is 5.72. The van der Waals surface area contributed by atoms with Gasteiger partial charge in [0.25, 0.3) is 0 Å². The molecular formula is C12H15ClO5. The van der Waals surface area contributed by atoms with Crippen molar-refractivity contribution in [2.75, 3.05) is 13.7 Å². The van der Waals surface area contributed by atoms with Crippen LogP contribution in [0.15, 0.2) is 6.07 Å². The van der Waals surface area contributed by atoms with Gasteiger partial charge in [-0.05, 0) is 25.5 Å². The second-order valence-electron chi connectivity index (χ2n) is 3.63. The molecule has 0 saturated heterocycles. The van der Waals surface area contributed by atoms with Crippen molar-refractivity contribution in [1.29, 1.82) is 0 Å². The molecule has 0 radical (unpaired) electrons. The average Bonchev–Trinajstić information content (AvgIpc) is 2.34. The zero-order valence-electron chi connectivity index (χ0n) is 10.4. The first kappa shape index (κ1) is 14.6. The molecule has 0 bridgehead atoms. The lowest BCUT2D eigenvalue weighted by Gasteiger charge is -2.16. The minimum atomic E-state index is -1.53. The van der Waals surface area contributed by atoms with Crippen LogP contribution in [0.4, 0.5) is 0 Å². The molecule has 0 saturated carbocycles. The van der Waals surface area contributed by atoms with Gasteiger partial charge in [0, 0.05) is 5.56 Å². The van der Waals surface area contributed by atoms with Gasteiger partial charge in [-0.3, -0.25) is 0 Å². The van der Waals surface area contributed by atoms with E-state index >= 15 is 0 Å². The standard InChI is InChI=1S/C12H15ClO5/c1-4-18-12(16)11(15)8-6(2)5-7(17-3)10(14)9(8)13/h5,11,14-15H,4H2,1-3H3. The molecule has 0 aromatic heterocycles. The molecule has 6 heteroatoms. The summed E-state index contributed by atoms with van der Waals surface area (Å²) in [6.07, 6.45) is -1.53. The Labute approximate surface area is 110 Å². The molecular weight excluding hydrogens is 260 g/mol. The fourth-order valence-electron chi connectivity index (χ4n) is 1.58. The molecule has 0 amide bonds. The van der Waals surface area contributed by atoms with E-state index in [0.29, 0.717) is 5.56 Å². The summed E-state index contributed by atoms with van der Waals surface area (Å²) in [7, 11) is 1.38. The molecule has 1 aromatic carbocycles. The third-order valence-electron chi connectivity index (χ3n) is 2.45.